The van der Waals surface area contributed by atoms with Crippen molar-refractivity contribution in [2.45, 2.75) is 70.4 Å². The summed E-state index contributed by atoms with van der Waals surface area (Å²) < 4.78 is 37.0. The number of alkyl halides is 3. The van der Waals surface area contributed by atoms with Gasteiger partial charge in [0.05, 0.1) is 7.11 Å². The highest BCUT2D eigenvalue weighted by atomic mass is 19.4. The number of rotatable bonds is 7. The van der Waals surface area contributed by atoms with E-state index in [0.29, 0.717) is 0 Å². The quantitative estimate of drug-likeness (QED) is 0.351. The number of anilines is 1. The third-order valence-electron chi connectivity index (χ3n) is 7.90. The molecule has 2 aliphatic rings. The van der Waals surface area contributed by atoms with Crippen LogP contribution in [0.4, 0.5) is 19.0 Å². The van der Waals surface area contributed by atoms with Crippen LogP contribution in [-0.2, 0) is 15.6 Å². The van der Waals surface area contributed by atoms with Crippen LogP contribution in [0.25, 0.3) is 11.3 Å². The van der Waals surface area contributed by atoms with Gasteiger partial charge in [0.2, 0.25) is 6.29 Å². The van der Waals surface area contributed by atoms with E-state index in [1.54, 1.807) is 7.11 Å². The van der Waals surface area contributed by atoms with Gasteiger partial charge in [0, 0.05) is 38.3 Å². The molecule has 0 spiro atoms. The standard InChI is InChI=1S/C28H41N3O2.C2HF3O/c1-27(2)12-13-28(3,4)23-20-21(8-9-22(23)27)26-24(33-5)10-11-25(29-26)31-17-15-30(16-18-31)14-6-7-19-32;3-2(4,5)1-6/h8-11,20,32H,6-7,12-19H2,1-5H3;1H. The van der Waals surface area contributed by atoms with Gasteiger partial charge in [-0.1, -0.05) is 39.8 Å². The number of pyridine rings is 1. The predicted molar refractivity (Wildman–Crippen MR) is 149 cm³/mol. The zero-order valence-electron chi connectivity index (χ0n) is 23.8. The van der Waals surface area contributed by atoms with Crippen LogP contribution in [0.15, 0.2) is 30.3 Å². The summed E-state index contributed by atoms with van der Waals surface area (Å²) in [5.74, 6) is 1.85. The summed E-state index contributed by atoms with van der Waals surface area (Å²) in [7, 11) is 1.73. The number of ether oxygens (including phenoxy) is 1. The van der Waals surface area contributed by atoms with Gasteiger partial charge in [-0.3, -0.25) is 9.69 Å². The van der Waals surface area contributed by atoms with Crippen LogP contribution in [-0.4, -0.2) is 73.9 Å². The van der Waals surface area contributed by atoms with Crippen molar-refractivity contribution in [2.24, 2.45) is 0 Å². The van der Waals surface area contributed by atoms with E-state index in [1.807, 2.05) is 0 Å². The number of halogens is 3. The predicted octanol–water partition coefficient (Wildman–Crippen LogP) is 5.75. The van der Waals surface area contributed by atoms with Gasteiger partial charge in [0.25, 0.3) is 0 Å². The Morgan fingerprint density at radius 2 is 1.59 bits per heavy atom. The van der Waals surface area contributed by atoms with Crippen molar-refractivity contribution in [2.75, 3.05) is 51.3 Å². The zero-order chi connectivity index (χ0) is 28.8. The fourth-order valence-corrected chi connectivity index (χ4v) is 5.37. The third kappa shape index (κ3) is 7.94. The largest absolute Gasteiger partial charge is 0.494 e. The Kier molecular flexibility index (Phi) is 10.0. The highest BCUT2D eigenvalue weighted by Gasteiger charge is 2.37. The Hall–Kier alpha value is -2.65. The average Bonchev–Trinajstić information content (AvgIpc) is 2.91. The highest BCUT2D eigenvalue weighted by molar-refractivity contribution is 5.70. The first-order valence-corrected chi connectivity index (χ1v) is 13.6. The fraction of sp³-hybridized carbons (Fsp3) is 0.600. The minimum atomic E-state index is -4.64. The summed E-state index contributed by atoms with van der Waals surface area (Å²) in [6.45, 7) is 14.8. The number of aliphatic hydroxyl groups excluding tert-OH is 1. The number of aldehydes is 1. The van der Waals surface area contributed by atoms with E-state index < -0.39 is 12.5 Å². The Bertz CT molecular complexity index is 1110. The maximum absolute atomic E-state index is 10.4. The molecule has 4 rings (SSSR count). The molecular weight excluding hydrogens is 507 g/mol. The lowest BCUT2D eigenvalue weighted by Gasteiger charge is -2.42. The van der Waals surface area contributed by atoms with Gasteiger partial charge in [-0.05, 0) is 72.4 Å². The van der Waals surface area contributed by atoms with E-state index in [-0.39, 0.29) is 17.4 Å². The van der Waals surface area contributed by atoms with Crippen LogP contribution in [0.3, 0.4) is 0 Å². The molecule has 0 amide bonds. The van der Waals surface area contributed by atoms with E-state index in [0.717, 1.165) is 68.4 Å². The van der Waals surface area contributed by atoms with Gasteiger partial charge in [-0.2, -0.15) is 13.2 Å². The number of unbranched alkanes of at least 4 members (excludes halogenated alkanes) is 1. The second-order valence-corrected chi connectivity index (χ2v) is 11.7. The molecule has 0 unspecified atom stereocenters. The van der Waals surface area contributed by atoms with Crippen LogP contribution >= 0.6 is 0 Å². The third-order valence-corrected chi connectivity index (χ3v) is 7.90. The minimum Gasteiger partial charge on any atom is -0.494 e. The van der Waals surface area contributed by atoms with Crippen LogP contribution in [0.1, 0.15) is 64.5 Å². The zero-order valence-corrected chi connectivity index (χ0v) is 23.8. The van der Waals surface area contributed by atoms with Crippen molar-refractivity contribution in [3.63, 3.8) is 0 Å². The summed E-state index contributed by atoms with van der Waals surface area (Å²) in [5, 5.41) is 9.02. The molecule has 216 valence electrons. The number of carbonyl (C=O) groups is 1. The number of piperazine rings is 1. The second-order valence-electron chi connectivity index (χ2n) is 11.7. The Morgan fingerprint density at radius 1 is 0.974 bits per heavy atom. The summed E-state index contributed by atoms with van der Waals surface area (Å²) in [6.07, 6.45) is -1.34. The first-order chi connectivity index (χ1) is 18.3. The van der Waals surface area contributed by atoms with Crippen molar-refractivity contribution in [3.05, 3.63) is 41.5 Å². The topological polar surface area (TPSA) is 65.9 Å². The van der Waals surface area contributed by atoms with E-state index in [1.165, 1.54) is 24.0 Å². The smallest absolute Gasteiger partial charge is 0.446 e. The number of hydrogen-bond donors (Lipinski definition) is 1. The number of nitrogens with zero attached hydrogens (tertiary/aromatic N) is 3. The lowest BCUT2D eigenvalue weighted by Crippen LogP contribution is -2.47. The molecule has 0 atom stereocenters. The number of hydrogen-bond acceptors (Lipinski definition) is 6. The van der Waals surface area contributed by atoms with Crippen molar-refractivity contribution in [1.82, 2.24) is 9.88 Å². The maximum atomic E-state index is 10.4. The minimum absolute atomic E-state index is 0.165. The summed E-state index contributed by atoms with van der Waals surface area (Å²) in [4.78, 5) is 18.7. The molecule has 39 heavy (non-hydrogen) atoms. The number of methoxy groups -OCH3 is 1. The van der Waals surface area contributed by atoms with Gasteiger partial charge >= 0.3 is 6.18 Å². The summed E-state index contributed by atoms with van der Waals surface area (Å²) >= 11 is 0. The molecule has 1 aliphatic heterocycles. The van der Waals surface area contributed by atoms with E-state index in [9.17, 15) is 13.2 Å². The van der Waals surface area contributed by atoms with Crippen molar-refractivity contribution >= 4 is 12.1 Å². The molecule has 9 heteroatoms. The van der Waals surface area contributed by atoms with Gasteiger partial charge in [0.15, 0.2) is 0 Å². The fourth-order valence-electron chi connectivity index (χ4n) is 5.37. The van der Waals surface area contributed by atoms with Crippen molar-refractivity contribution in [3.8, 4) is 17.0 Å². The molecule has 1 saturated heterocycles. The van der Waals surface area contributed by atoms with Crippen molar-refractivity contribution in [1.29, 1.82) is 0 Å². The first kappa shape index (κ1) is 30.9. The number of benzene rings is 1. The molecule has 0 radical (unpaired) electrons. The van der Waals surface area contributed by atoms with Crippen LogP contribution in [0.2, 0.25) is 0 Å². The molecule has 0 saturated carbocycles. The van der Waals surface area contributed by atoms with Crippen LogP contribution in [0, 0.1) is 0 Å². The number of fused-ring (bicyclic) bond motifs is 1. The van der Waals surface area contributed by atoms with Gasteiger partial charge in [-0.25, -0.2) is 4.98 Å². The number of carbonyl (C=O) groups excluding carboxylic acids is 1. The van der Waals surface area contributed by atoms with Crippen molar-refractivity contribution < 1.29 is 27.8 Å². The molecule has 2 heterocycles. The molecule has 6 nitrogen and oxygen atoms in total. The number of aromatic nitrogens is 1. The lowest BCUT2D eigenvalue weighted by molar-refractivity contribution is -0.156. The highest BCUT2D eigenvalue weighted by Crippen LogP contribution is 2.47. The summed E-state index contributed by atoms with van der Waals surface area (Å²) in [5.41, 5.74) is 5.36. The molecule has 1 aromatic heterocycles. The Morgan fingerprint density at radius 3 is 2.15 bits per heavy atom. The maximum Gasteiger partial charge on any atom is 0.446 e. The van der Waals surface area contributed by atoms with Gasteiger partial charge in [0.1, 0.15) is 17.3 Å². The van der Waals surface area contributed by atoms with Gasteiger partial charge in [-0.15, -0.1) is 0 Å². The Labute approximate surface area is 230 Å². The average molecular weight is 550 g/mol. The van der Waals surface area contributed by atoms with Gasteiger partial charge < -0.3 is 14.7 Å². The van der Waals surface area contributed by atoms with E-state index >= 15 is 0 Å². The van der Waals surface area contributed by atoms with Crippen LogP contribution in [0.5, 0.6) is 5.75 Å². The molecule has 1 aromatic carbocycles. The van der Waals surface area contributed by atoms with E-state index in [4.69, 9.17) is 19.6 Å². The summed E-state index contributed by atoms with van der Waals surface area (Å²) in [6, 6.07) is 11.1. The monoisotopic (exact) mass is 549 g/mol. The molecular formula is C30H42F3N3O3. The van der Waals surface area contributed by atoms with E-state index in [2.05, 4.69) is 67.8 Å². The molecule has 2 aromatic rings. The second kappa shape index (κ2) is 12.7. The normalized spacial score (nSPS) is 18.5. The molecule has 1 N–H and O–H groups in total. The SMILES string of the molecule is COc1ccc(N2CCN(CCCCO)CC2)nc1-c1ccc2c(c1)C(C)(C)CCC2(C)C.O=CC(F)(F)F. The van der Waals surface area contributed by atoms with Crippen LogP contribution < -0.4 is 9.64 Å². The molecule has 1 fully saturated rings. The molecule has 0 bridgehead atoms. The Balaban J connectivity index is 0.000000631. The first-order valence-electron chi connectivity index (χ1n) is 13.6. The number of aliphatic hydroxyl groups is 1. The molecule has 1 aliphatic carbocycles. The lowest BCUT2D eigenvalue weighted by atomic mass is 9.63.